The molecule has 114 valence electrons. The molecule has 3 atom stereocenters. The number of alkyl halides is 3. The normalized spacial score (nSPS) is 26.8. The molecule has 1 aliphatic heterocycles. The molecule has 0 aromatic carbocycles. The van der Waals surface area contributed by atoms with Crippen molar-refractivity contribution in [3.63, 3.8) is 0 Å². The highest BCUT2D eigenvalue weighted by Crippen LogP contribution is 2.37. The number of nitrogens with zero attached hydrogens (tertiary/aromatic N) is 1. The Labute approximate surface area is 116 Å². The van der Waals surface area contributed by atoms with Crippen molar-refractivity contribution in [3.05, 3.63) is 0 Å². The van der Waals surface area contributed by atoms with E-state index in [1.807, 2.05) is 6.92 Å². The zero-order valence-electron chi connectivity index (χ0n) is 10.9. The predicted molar refractivity (Wildman–Crippen MR) is 66.9 cm³/mol. The van der Waals surface area contributed by atoms with Crippen LogP contribution in [0.1, 0.15) is 26.7 Å². The van der Waals surface area contributed by atoms with E-state index in [1.54, 1.807) is 6.92 Å². The lowest BCUT2D eigenvalue weighted by Crippen LogP contribution is -2.51. The van der Waals surface area contributed by atoms with Crippen LogP contribution in [0.3, 0.4) is 0 Å². The molecule has 0 bridgehead atoms. The monoisotopic (exact) mass is 304 g/mol. The van der Waals surface area contributed by atoms with Gasteiger partial charge in [0, 0.05) is 13.0 Å². The van der Waals surface area contributed by atoms with Gasteiger partial charge in [0.15, 0.2) is 5.60 Å². The fourth-order valence-electron chi connectivity index (χ4n) is 1.92. The highest BCUT2D eigenvalue weighted by Gasteiger charge is 2.58. The van der Waals surface area contributed by atoms with Gasteiger partial charge in [0.1, 0.15) is 0 Å². The standard InChI is InChI=1S/C11H19F3N2O2.ClH/c1-3-7(2)8(15)9(17)16-5-4-10(18,6-16)11(12,13)14;/h7-8,18H,3-6,15H2,1-2H3;1H. The lowest BCUT2D eigenvalue weighted by atomic mass is 9.99. The number of amides is 1. The summed E-state index contributed by atoms with van der Waals surface area (Å²) in [7, 11) is 0. The first-order chi connectivity index (χ1) is 8.12. The summed E-state index contributed by atoms with van der Waals surface area (Å²) in [5.74, 6) is -0.624. The number of hydrogen-bond donors (Lipinski definition) is 2. The molecule has 8 heteroatoms. The highest BCUT2D eigenvalue weighted by atomic mass is 35.5. The molecule has 1 saturated heterocycles. The second kappa shape index (κ2) is 6.28. The Hall–Kier alpha value is -0.530. The Morgan fingerprint density at radius 1 is 1.53 bits per heavy atom. The average molecular weight is 305 g/mol. The highest BCUT2D eigenvalue weighted by molar-refractivity contribution is 5.85. The molecule has 3 unspecified atom stereocenters. The molecule has 0 radical (unpaired) electrons. The molecule has 3 N–H and O–H groups in total. The fraction of sp³-hybridized carbons (Fsp3) is 0.909. The quantitative estimate of drug-likeness (QED) is 0.826. The minimum atomic E-state index is -4.72. The molecule has 1 fully saturated rings. The van der Waals surface area contributed by atoms with Crippen molar-refractivity contribution >= 4 is 18.3 Å². The Morgan fingerprint density at radius 2 is 2.05 bits per heavy atom. The van der Waals surface area contributed by atoms with E-state index in [2.05, 4.69) is 0 Å². The first-order valence-corrected chi connectivity index (χ1v) is 5.96. The number of halogens is 4. The summed E-state index contributed by atoms with van der Waals surface area (Å²) in [4.78, 5) is 12.9. The lowest BCUT2D eigenvalue weighted by molar-refractivity contribution is -0.253. The molecular formula is C11H20ClF3N2O2. The second-order valence-electron chi connectivity index (χ2n) is 4.95. The summed E-state index contributed by atoms with van der Waals surface area (Å²) in [5, 5.41) is 9.46. The number of carbonyl (C=O) groups excluding carboxylic acids is 1. The summed E-state index contributed by atoms with van der Waals surface area (Å²) in [6, 6.07) is -0.814. The van der Waals surface area contributed by atoms with Crippen molar-refractivity contribution in [3.8, 4) is 0 Å². The second-order valence-corrected chi connectivity index (χ2v) is 4.95. The number of hydrogen-bond acceptors (Lipinski definition) is 3. The van der Waals surface area contributed by atoms with Crippen LogP contribution in [-0.4, -0.2) is 46.8 Å². The van der Waals surface area contributed by atoms with E-state index in [0.29, 0.717) is 6.42 Å². The van der Waals surface area contributed by atoms with Gasteiger partial charge in [0.25, 0.3) is 0 Å². The van der Waals surface area contributed by atoms with Crippen molar-refractivity contribution in [1.29, 1.82) is 0 Å². The average Bonchev–Trinajstić information content (AvgIpc) is 2.69. The van der Waals surface area contributed by atoms with Crippen LogP contribution in [0, 0.1) is 5.92 Å². The molecule has 1 rings (SSSR count). The zero-order chi connectivity index (χ0) is 14.1. The van der Waals surface area contributed by atoms with Gasteiger partial charge in [-0.1, -0.05) is 20.3 Å². The van der Waals surface area contributed by atoms with Crippen LogP contribution in [0.5, 0.6) is 0 Å². The number of carbonyl (C=O) groups is 1. The molecule has 19 heavy (non-hydrogen) atoms. The van der Waals surface area contributed by atoms with E-state index in [0.717, 1.165) is 4.90 Å². The van der Waals surface area contributed by atoms with Crippen LogP contribution >= 0.6 is 12.4 Å². The van der Waals surface area contributed by atoms with Crippen molar-refractivity contribution in [2.45, 2.75) is 44.5 Å². The maximum absolute atomic E-state index is 12.6. The van der Waals surface area contributed by atoms with E-state index < -0.39 is 36.7 Å². The van der Waals surface area contributed by atoms with Gasteiger partial charge in [0.05, 0.1) is 12.6 Å². The summed E-state index contributed by atoms with van der Waals surface area (Å²) >= 11 is 0. The molecule has 0 saturated carbocycles. The van der Waals surface area contributed by atoms with Crippen LogP contribution in [0.15, 0.2) is 0 Å². The fourth-order valence-corrected chi connectivity index (χ4v) is 1.92. The molecule has 0 aromatic heterocycles. The number of β-amino-alcohol motifs (C(OH)–C–C–N with tert-alkyl or cyclic N) is 1. The van der Waals surface area contributed by atoms with E-state index >= 15 is 0 Å². The van der Waals surface area contributed by atoms with Gasteiger partial charge in [-0.2, -0.15) is 13.2 Å². The first-order valence-electron chi connectivity index (χ1n) is 5.96. The maximum Gasteiger partial charge on any atom is 0.419 e. The van der Waals surface area contributed by atoms with Crippen LogP contribution < -0.4 is 5.73 Å². The Bertz CT molecular complexity index is 328. The van der Waals surface area contributed by atoms with Crippen molar-refractivity contribution in [2.75, 3.05) is 13.1 Å². The number of rotatable bonds is 3. The van der Waals surface area contributed by atoms with E-state index in [1.165, 1.54) is 0 Å². The van der Waals surface area contributed by atoms with E-state index in [9.17, 15) is 23.1 Å². The van der Waals surface area contributed by atoms with E-state index in [4.69, 9.17) is 5.73 Å². The van der Waals surface area contributed by atoms with Gasteiger partial charge in [-0.15, -0.1) is 12.4 Å². The summed E-state index contributed by atoms with van der Waals surface area (Å²) in [5.41, 5.74) is 2.90. The number of nitrogens with two attached hydrogens (primary N) is 1. The van der Waals surface area contributed by atoms with Gasteiger partial charge in [-0.05, 0) is 5.92 Å². The van der Waals surface area contributed by atoms with Gasteiger partial charge in [0.2, 0.25) is 5.91 Å². The van der Waals surface area contributed by atoms with Crippen molar-refractivity contribution < 1.29 is 23.1 Å². The predicted octanol–water partition coefficient (Wildman–Crippen LogP) is 1.31. The molecular weight excluding hydrogens is 285 g/mol. The third kappa shape index (κ3) is 3.73. The molecule has 1 aliphatic rings. The molecule has 1 amide bonds. The van der Waals surface area contributed by atoms with Crippen LogP contribution in [0.2, 0.25) is 0 Å². The van der Waals surface area contributed by atoms with Gasteiger partial charge >= 0.3 is 6.18 Å². The molecule has 4 nitrogen and oxygen atoms in total. The smallest absolute Gasteiger partial charge is 0.379 e. The minimum absolute atomic E-state index is 0. The SMILES string of the molecule is CCC(C)C(N)C(=O)N1CCC(O)(C(F)(F)F)C1.Cl. The number of likely N-dealkylation sites (tertiary alicyclic amines) is 1. The molecule has 0 aromatic rings. The molecule has 1 heterocycles. The maximum atomic E-state index is 12.6. The molecule has 0 aliphatic carbocycles. The van der Waals surface area contributed by atoms with Crippen LogP contribution in [0.4, 0.5) is 13.2 Å². The third-order valence-corrected chi connectivity index (χ3v) is 3.63. The zero-order valence-corrected chi connectivity index (χ0v) is 11.7. The van der Waals surface area contributed by atoms with Gasteiger partial charge in [-0.25, -0.2) is 0 Å². The van der Waals surface area contributed by atoms with E-state index in [-0.39, 0.29) is 24.9 Å². The topological polar surface area (TPSA) is 66.6 Å². The number of aliphatic hydroxyl groups is 1. The van der Waals surface area contributed by atoms with Crippen LogP contribution in [-0.2, 0) is 4.79 Å². The van der Waals surface area contributed by atoms with Crippen molar-refractivity contribution in [2.24, 2.45) is 11.7 Å². The largest absolute Gasteiger partial charge is 0.419 e. The summed E-state index contributed by atoms with van der Waals surface area (Å²) in [6.45, 7) is 2.79. The third-order valence-electron chi connectivity index (χ3n) is 3.63. The Morgan fingerprint density at radius 3 is 2.42 bits per heavy atom. The lowest BCUT2D eigenvalue weighted by Gasteiger charge is -2.28. The minimum Gasteiger partial charge on any atom is -0.379 e. The summed E-state index contributed by atoms with van der Waals surface area (Å²) in [6.07, 6.45) is -4.54. The van der Waals surface area contributed by atoms with Crippen LogP contribution in [0.25, 0.3) is 0 Å². The summed E-state index contributed by atoms with van der Waals surface area (Å²) < 4.78 is 37.8. The Balaban J connectivity index is 0.00000324. The van der Waals surface area contributed by atoms with Crippen molar-refractivity contribution in [1.82, 2.24) is 4.90 Å². The Kier molecular flexibility index (Phi) is 6.10. The first kappa shape index (κ1) is 18.5. The van der Waals surface area contributed by atoms with Gasteiger partial charge in [-0.3, -0.25) is 4.79 Å². The van der Waals surface area contributed by atoms with Gasteiger partial charge < -0.3 is 15.7 Å². The molecule has 0 spiro atoms.